The molecule has 104 valence electrons. The van der Waals surface area contributed by atoms with Gasteiger partial charge in [-0.15, -0.1) is 0 Å². The standard InChI is InChI=1S/C16H18N2O2/c19-15(12-5-9-20-16(10-12)6-3-7-16)13-11-17-18-8-2-1-4-14(13)18/h1-2,4,8,11-12H,3,5-7,9-10H2. The lowest BCUT2D eigenvalue weighted by Crippen LogP contribution is -2.47. The average molecular weight is 270 g/mol. The zero-order valence-electron chi connectivity index (χ0n) is 11.4. The molecule has 20 heavy (non-hydrogen) atoms. The highest BCUT2D eigenvalue weighted by atomic mass is 16.5. The normalized spacial score (nSPS) is 24.7. The van der Waals surface area contributed by atoms with Crippen LogP contribution in [0, 0.1) is 5.92 Å². The largest absolute Gasteiger partial charge is 0.375 e. The van der Waals surface area contributed by atoms with Gasteiger partial charge in [-0.3, -0.25) is 4.79 Å². The number of nitrogens with zero attached hydrogens (tertiary/aromatic N) is 2. The number of carbonyl (C=O) groups is 1. The molecule has 1 aliphatic carbocycles. The van der Waals surface area contributed by atoms with Gasteiger partial charge in [-0.05, 0) is 44.2 Å². The van der Waals surface area contributed by atoms with Gasteiger partial charge in [-0.25, -0.2) is 4.52 Å². The van der Waals surface area contributed by atoms with Crippen molar-refractivity contribution in [3.63, 3.8) is 0 Å². The van der Waals surface area contributed by atoms with Crippen molar-refractivity contribution in [2.24, 2.45) is 5.92 Å². The Morgan fingerprint density at radius 3 is 3.10 bits per heavy atom. The third-order valence-corrected chi connectivity index (χ3v) is 4.82. The van der Waals surface area contributed by atoms with Crippen molar-refractivity contribution in [3.8, 4) is 0 Å². The lowest BCUT2D eigenvalue weighted by molar-refractivity contribution is -0.137. The average Bonchev–Trinajstić information content (AvgIpc) is 2.89. The molecule has 3 heterocycles. The number of hydrogen-bond donors (Lipinski definition) is 0. The Morgan fingerprint density at radius 2 is 2.30 bits per heavy atom. The van der Waals surface area contributed by atoms with Gasteiger partial charge in [0.25, 0.3) is 0 Å². The van der Waals surface area contributed by atoms with Gasteiger partial charge in [0.15, 0.2) is 5.78 Å². The first-order chi connectivity index (χ1) is 9.77. The summed E-state index contributed by atoms with van der Waals surface area (Å²) in [6, 6.07) is 5.83. The van der Waals surface area contributed by atoms with E-state index in [9.17, 15) is 4.79 Å². The fraction of sp³-hybridized carbons (Fsp3) is 0.500. The highest BCUT2D eigenvalue weighted by Crippen LogP contribution is 2.45. The minimum atomic E-state index is 0.0154. The van der Waals surface area contributed by atoms with E-state index in [1.807, 2.05) is 24.4 Å². The first-order valence-electron chi connectivity index (χ1n) is 7.38. The fourth-order valence-electron chi connectivity index (χ4n) is 3.52. The summed E-state index contributed by atoms with van der Waals surface area (Å²) in [7, 11) is 0. The zero-order valence-corrected chi connectivity index (χ0v) is 11.4. The third kappa shape index (κ3) is 1.79. The maximum Gasteiger partial charge on any atom is 0.169 e. The SMILES string of the molecule is O=C(c1cnn2ccccc12)C1CCOC2(CCC2)C1. The van der Waals surface area contributed by atoms with Gasteiger partial charge in [0.1, 0.15) is 0 Å². The molecule has 4 nitrogen and oxygen atoms in total. The van der Waals surface area contributed by atoms with Crippen molar-refractivity contribution < 1.29 is 9.53 Å². The van der Waals surface area contributed by atoms with Gasteiger partial charge < -0.3 is 4.74 Å². The molecular formula is C16H18N2O2. The van der Waals surface area contributed by atoms with Crippen LogP contribution in [0.15, 0.2) is 30.6 Å². The van der Waals surface area contributed by atoms with Gasteiger partial charge in [-0.1, -0.05) is 6.07 Å². The molecule has 1 saturated carbocycles. The van der Waals surface area contributed by atoms with Gasteiger partial charge in [0.05, 0.1) is 22.9 Å². The van der Waals surface area contributed by atoms with Crippen LogP contribution in [0.1, 0.15) is 42.5 Å². The first kappa shape index (κ1) is 12.1. The predicted molar refractivity (Wildman–Crippen MR) is 74.8 cm³/mol. The molecule has 1 saturated heterocycles. The van der Waals surface area contributed by atoms with Gasteiger partial charge in [0.2, 0.25) is 0 Å². The summed E-state index contributed by atoms with van der Waals surface area (Å²) in [5, 5.41) is 4.27. The van der Waals surface area contributed by atoms with Crippen LogP contribution in [0.2, 0.25) is 0 Å². The fourth-order valence-corrected chi connectivity index (χ4v) is 3.52. The quantitative estimate of drug-likeness (QED) is 0.788. The van der Waals surface area contributed by atoms with Crippen LogP contribution < -0.4 is 0 Å². The molecule has 1 spiro atoms. The zero-order chi connectivity index (χ0) is 13.6. The summed E-state index contributed by atoms with van der Waals surface area (Å²) in [5.41, 5.74) is 1.68. The number of rotatable bonds is 2. The van der Waals surface area contributed by atoms with Gasteiger partial charge >= 0.3 is 0 Å². The highest BCUT2D eigenvalue weighted by molar-refractivity contribution is 6.03. The van der Waals surface area contributed by atoms with E-state index in [0.29, 0.717) is 0 Å². The Bertz CT molecular complexity index is 657. The molecule has 4 rings (SSSR count). The van der Waals surface area contributed by atoms with Crippen molar-refractivity contribution in [1.82, 2.24) is 9.61 Å². The van der Waals surface area contributed by atoms with E-state index in [0.717, 1.165) is 43.4 Å². The minimum absolute atomic E-state index is 0.0154. The van der Waals surface area contributed by atoms with Crippen LogP contribution in [-0.2, 0) is 4.74 Å². The van der Waals surface area contributed by atoms with Crippen LogP contribution in [0.3, 0.4) is 0 Å². The maximum atomic E-state index is 12.8. The molecule has 1 atom stereocenters. The number of ether oxygens (including phenoxy) is 1. The maximum absolute atomic E-state index is 12.8. The van der Waals surface area contributed by atoms with Crippen molar-refractivity contribution in [3.05, 3.63) is 36.2 Å². The first-order valence-corrected chi connectivity index (χ1v) is 7.38. The minimum Gasteiger partial charge on any atom is -0.375 e. The summed E-state index contributed by atoms with van der Waals surface area (Å²) in [6.07, 6.45) is 8.78. The molecule has 2 fully saturated rings. The molecular weight excluding hydrogens is 252 g/mol. The number of fused-ring (bicyclic) bond motifs is 1. The second-order valence-electron chi connectivity index (χ2n) is 6.03. The van der Waals surface area contributed by atoms with Crippen molar-refractivity contribution in [2.45, 2.75) is 37.7 Å². The third-order valence-electron chi connectivity index (χ3n) is 4.82. The molecule has 2 aromatic rings. The van der Waals surface area contributed by atoms with E-state index in [1.54, 1.807) is 10.7 Å². The molecule has 0 radical (unpaired) electrons. The Hall–Kier alpha value is -1.68. The van der Waals surface area contributed by atoms with Crippen LogP contribution in [-0.4, -0.2) is 27.6 Å². The number of Topliss-reactive ketones (excluding diaryl/α,β-unsaturated/α-hetero) is 1. The van der Waals surface area contributed by atoms with Gasteiger partial charge in [-0.2, -0.15) is 5.10 Å². The van der Waals surface area contributed by atoms with Crippen LogP contribution in [0.5, 0.6) is 0 Å². The highest BCUT2D eigenvalue weighted by Gasteiger charge is 2.44. The Balaban J connectivity index is 1.63. The van der Waals surface area contributed by atoms with E-state index in [1.165, 1.54) is 6.42 Å². The summed E-state index contributed by atoms with van der Waals surface area (Å²) < 4.78 is 7.68. The van der Waals surface area contributed by atoms with E-state index < -0.39 is 0 Å². The number of hydrogen-bond acceptors (Lipinski definition) is 3. The van der Waals surface area contributed by atoms with E-state index >= 15 is 0 Å². The predicted octanol–water partition coefficient (Wildman–Crippen LogP) is 2.87. The second-order valence-corrected chi connectivity index (χ2v) is 6.03. The van der Waals surface area contributed by atoms with E-state index in [4.69, 9.17) is 4.74 Å². The topological polar surface area (TPSA) is 43.6 Å². The molecule has 4 heteroatoms. The van der Waals surface area contributed by atoms with Gasteiger partial charge in [0, 0.05) is 18.7 Å². The van der Waals surface area contributed by atoms with Crippen molar-refractivity contribution in [1.29, 1.82) is 0 Å². The number of aromatic nitrogens is 2. The van der Waals surface area contributed by atoms with Crippen molar-refractivity contribution in [2.75, 3.05) is 6.61 Å². The number of carbonyl (C=O) groups excluding carboxylic acids is 1. The molecule has 1 aliphatic heterocycles. The Labute approximate surface area is 117 Å². The molecule has 2 aliphatic rings. The van der Waals surface area contributed by atoms with Crippen LogP contribution in [0.4, 0.5) is 0 Å². The molecule has 0 bridgehead atoms. The summed E-state index contributed by atoms with van der Waals surface area (Å²) in [4.78, 5) is 12.8. The molecule has 1 unspecified atom stereocenters. The second kappa shape index (κ2) is 4.42. The summed E-state index contributed by atoms with van der Waals surface area (Å²) in [5.74, 6) is 0.332. The van der Waals surface area contributed by atoms with Crippen LogP contribution in [0.25, 0.3) is 5.52 Å². The van der Waals surface area contributed by atoms with Crippen LogP contribution >= 0.6 is 0 Å². The Morgan fingerprint density at radius 1 is 1.40 bits per heavy atom. The van der Waals surface area contributed by atoms with E-state index in [2.05, 4.69) is 5.10 Å². The smallest absolute Gasteiger partial charge is 0.169 e. The lowest BCUT2D eigenvalue weighted by Gasteiger charge is -2.46. The Kier molecular flexibility index (Phi) is 2.67. The number of pyridine rings is 1. The molecule has 0 aromatic carbocycles. The summed E-state index contributed by atoms with van der Waals surface area (Å²) in [6.45, 7) is 0.718. The van der Waals surface area contributed by atoms with Crippen molar-refractivity contribution >= 4 is 11.3 Å². The van der Waals surface area contributed by atoms with E-state index in [-0.39, 0.29) is 17.3 Å². The lowest BCUT2D eigenvalue weighted by atomic mass is 9.70. The molecule has 0 amide bonds. The monoisotopic (exact) mass is 270 g/mol. The molecule has 0 N–H and O–H groups in total. The summed E-state index contributed by atoms with van der Waals surface area (Å²) >= 11 is 0. The molecule has 2 aromatic heterocycles. The number of ketones is 1.